The monoisotopic (exact) mass is 878 g/mol. The van der Waals surface area contributed by atoms with E-state index >= 15 is 0 Å². The van der Waals surface area contributed by atoms with E-state index in [1.54, 1.807) is 55.4 Å². The SMILES string of the molecule is COC1C(OCC(C)C2OC(=O)C(C)C(OC3CC(C)(O)C(O)C(C)O3)C(C)C(OC3OC(C)CC(=O)C3O)C(C)CC(C)(O)C(=O)C(C)C(O)C2C)OC(C)C(O)C1OC. The second-order valence-corrected chi connectivity index (χ2v) is 18.8. The number of methoxy groups -OCH3 is 2. The summed E-state index contributed by atoms with van der Waals surface area (Å²) in [5.41, 5.74) is -3.67. The van der Waals surface area contributed by atoms with Crippen molar-refractivity contribution in [1.29, 1.82) is 0 Å². The number of carbonyl (C=O) groups excluding carboxylic acids is 3. The molecule has 4 fully saturated rings. The molecule has 4 rings (SSSR count). The van der Waals surface area contributed by atoms with Gasteiger partial charge in [-0.1, -0.05) is 34.6 Å². The number of carbonyl (C=O) groups is 3. The zero-order valence-corrected chi connectivity index (χ0v) is 38.0. The lowest BCUT2D eigenvalue weighted by atomic mass is 9.74. The predicted octanol–water partition coefficient (Wildman–Crippen LogP) is 1.03. The molecule has 0 aromatic rings. The molecule has 4 saturated heterocycles. The molecule has 0 aromatic carbocycles. The van der Waals surface area contributed by atoms with Crippen LogP contribution in [-0.2, 0) is 57.0 Å². The highest BCUT2D eigenvalue weighted by Crippen LogP contribution is 2.39. The molecule has 23 unspecified atom stereocenters. The van der Waals surface area contributed by atoms with Crippen LogP contribution in [0.5, 0.6) is 0 Å². The molecule has 4 aliphatic rings. The third-order valence-electron chi connectivity index (χ3n) is 13.4. The van der Waals surface area contributed by atoms with Gasteiger partial charge in [-0.05, 0) is 53.9 Å². The summed E-state index contributed by atoms with van der Waals surface area (Å²) < 4.78 is 54.5. The van der Waals surface area contributed by atoms with Gasteiger partial charge in [-0.2, -0.15) is 0 Å². The highest BCUT2D eigenvalue weighted by molar-refractivity contribution is 5.89. The molecule has 23 atom stereocenters. The molecule has 18 heteroatoms. The summed E-state index contributed by atoms with van der Waals surface area (Å²) in [5.74, 6) is -7.40. The zero-order valence-electron chi connectivity index (χ0n) is 38.0. The van der Waals surface area contributed by atoms with Gasteiger partial charge in [0.15, 0.2) is 36.5 Å². The van der Waals surface area contributed by atoms with Gasteiger partial charge in [-0.3, -0.25) is 14.4 Å². The van der Waals surface area contributed by atoms with Crippen LogP contribution in [-0.4, -0.2) is 172 Å². The van der Waals surface area contributed by atoms with E-state index in [0.717, 1.165) is 0 Å². The molecule has 61 heavy (non-hydrogen) atoms. The minimum Gasteiger partial charge on any atom is -0.461 e. The van der Waals surface area contributed by atoms with Crippen LogP contribution >= 0.6 is 0 Å². The van der Waals surface area contributed by atoms with Crippen molar-refractivity contribution in [3.8, 4) is 0 Å². The number of ether oxygens (including phenoxy) is 9. The van der Waals surface area contributed by atoms with Crippen LogP contribution in [0.2, 0.25) is 0 Å². The molecule has 4 aliphatic heterocycles. The maximum absolute atomic E-state index is 14.6. The van der Waals surface area contributed by atoms with Gasteiger partial charge in [-0.25, -0.2) is 0 Å². The van der Waals surface area contributed by atoms with E-state index in [2.05, 4.69) is 0 Å². The Kier molecular flexibility index (Phi) is 17.9. The van der Waals surface area contributed by atoms with Crippen molar-refractivity contribution in [1.82, 2.24) is 0 Å². The van der Waals surface area contributed by atoms with Gasteiger partial charge in [0.1, 0.15) is 36.1 Å². The predicted molar refractivity (Wildman–Crippen MR) is 214 cm³/mol. The van der Waals surface area contributed by atoms with Gasteiger partial charge in [0, 0.05) is 50.7 Å². The average Bonchev–Trinajstić information content (AvgIpc) is 3.19. The first-order valence-corrected chi connectivity index (χ1v) is 21.7. The number of rotatable bonds is 10. The summed E-state index contributed by atoms with van der Waals surface area (Å²) in [6.45, 7) is 17.4. The summed E-state index contributed by atoms with van der Waals surface area (Å²) >= 11 is 0. The number of hydrogen-bond acceptors (Lipinski definition) is 18. The van der Waals surface area contributed by atoms with Crippen LogP contribution in [0.15, 0.2) is 0 Å². The standard InChI is InChI=1S/C43H74O18/c1-18-15-42(10,51)37(48)22(5)29(45)21(4)33(19(2)17-55-41-36(54-13)35(53-12)30(46)25(8)58-41)60-39(50)24(7)34(59-28-16-43(11,52)38(49)26(9)57-28)23(6)32(18)61-40-31(47)27(44)14-20(3)56-40/h18-26,28-36,38,40-41,45-47,49,51-52H,14-17H2,1-13H3. The first kappa shape index (κ1) is 51.9. The third-order valence-corrected chi connectivity index (χ3v) is 13.4. The van der Waals surface area contributed by atoms with E-state index in [9.17, 15) is 45.0 Å². The topological polar surface area (TPSA) is 256 Å². The van der Waals surface area contributed by atoms with Crippen molar-refractivity contribution in [2.45, 2.75) is 199 Å². The molecular formula is C43H74O18. The Morgan fingerprint density at radius 2 is 1.34 bits per heavy atom. The van der Waals surface area contributed by atoms with Crippen LogP contribution < -0.4 is 0 Å². The van der Waals surface area contributed by atoms with E-state index in [1.165, 1.54) is 35.0 Å². The van der Waals surface area contributed by atoms with Crippen LogP contribution in [0.4, 0.5) is 0 Å². The van der Waals surface area contributed by atoms with Crippen molar-refractivity contribution in [3.63, 3.8) is 0 Å². The van der Waals surface area contributed by atoms with Crippen LogP contribution in [0.1, 0.15) is 95.4 Å². The van der Waals surface area contributed by atoms with Gasteiger partial charge < -0.3 is 73.3 Å². The minimum absolute atomic E-state index is 0.0442. The highest BCUT2D eigenvalue weighted by atomic mass is 16.7. The summed E-state index contributed by atoms with van der Waals surface area (Å²) in [6, 6.07) is 0. The van der Waals surface area contributed by atoms with Crippen LogP contribution in [0.25, 0.3) is 0 Å². The maximum atomic E-state index is 14.6. The Labute approximate surface area is 359 Å². The zero-order chi connectivity index (χ0) is 46.0. The lowest BCUT2D eigenvalue weighted by Crippen LogP contribution is -2.59. The minimum atomic E-state index is -2.04. The Morgan fingerprint density at radius 1 is 0.721 bits per heavy atom. The molecule has 0 saturated carbocycles. The Morgan fingerprint density at radius 3 is 1.93 bits per heavy atom. The molecule has 0 bridgehead atoms. The second-order valence-electron chi connectivity index (χ2n) is 18.8. The van der Waals surface area contributed by atoms with Crippen molar-refractivity contribution in [3.05, 3.63) is 0 Å². The van der Waals surface area contributed by atoms with E-state index in [4.69, 9.17) is 42.6 Å². The number of esters is 1. The molecule has 0 aromatic heterocycles. The first-order valence-electron chi connectivity index (χ1n) is 21.7. The fraction of sp³-hybridized carbons (Fsp3) is 0.930. The Bertz CT molecular complexity index is 1460. The van der Waals surface area contributed by atoms with Crippen molar-refractivity contribution < 1.29 is 87.7 Å². The van der Waals surface area contributed by atoms with Crippen molar-refractivity contribution in [2.75, 3.05) is 20.8 Å². The Balaban J connectivity index is 1.77. The van der Waals surface area contributed by atoms with Crippen molar-refractivity contribution in [2.24, 2.45) is 35.5 Å². The van der Waals surface area contributed by atoms with Gasteiger partial charge in [0.2, 0.25) is 0 Å². The molecule has 0 spiro atoms. The number of cyclic esters (lactones) is 1. The number of hydrogen-bond donors (Lipinski definition) is 6. The largest absolute Gasteiger partial charge is 0.461 e. The summed E-state index contributed by atoms with van der Waals surface area (Å²) in [5, 5.41) is 67.2. The number of ketones is 2. The summed E-state index contributed by atoms with van der Waals surface area (Å²) in [6.07, 6.45) is -16.5. The lowest BCUT2D eigenvalue weighted by Gasteiger charge is -2.46. The second kappa shape index (κ2) is 21.0. The van der Waals surface area contributed by atoms with Gasteiger partial charge >= 0.3 is 5.97 Å². The summed E-state index contributed by atoms with van der Waals surface area (Å²) in [7, 11) is 2.86. The molecule has 4 heterocycles. The molecule has 18 nitrogen and oxygen atoms in total. The smallest absolute Gasteiger partial charge is 0.311 e. The van der Waals surface area contributed by atoms with Gasteiger partial charge in [0.05, 0.1) is 54.7 Å². The van der Waals surface area contributed by atoms with E-state index in [0.29, 0.717) is 0 Å². The molecule has 0 aliphatic carbocycles. The van der Waals surface area contributed by atoms with E-state index < -0.39 is 156 Å². The van der Waals surface area contributed by atoms with E-state index in [-0.39, 0.29) is 25.9 Å². The Hall–Kier alpha value is -1.75. The van der Waals surface area contributed by atoms with Crippen molar-refractivity contribution >= 4 is 17.5 Å². The fourth-order valence-corrected chi connectivity index (χ4v) is 9.65. The highest BCUT2D eigenvalue weighted by Gasteiger charge is 2.51. The number of aliphatic hydroxyl groups excluding tert-OH is 4. The fourth-order valence-electron chi connectivity index (χ4n) is 9.65. The lowest BCUT2D eigenvalue weighted by molar-refractivity contribution is -0.305. The molecule has 0 radical (unpaired) electrons. The molecule has 6 N–H and O–H groups in total. The molecule has 0 amide bonds. The molecule has 354 valence electrons. The first-order chi connectivity index (χ1) is 28.3. The summed E-state index contributed by atoms with van der Waals surface area (Å²) in [4.78, 5) is 41.6. The van der Waals surface area contributed by atoms with Gasteiger partial charge in [0.25, 0.3) is 0 Å². The number of aliphatic hydroxyl groups is 6. The molecular weight excluding hydrogens is 804 g/mol. The number of Topliss-reactive ketones (excluding diaryl/α,β-unsaturated/α-hetero) is 2. The van der Waals surface area contributed by atoms with E-state index in [1.807, 2.05) is 0 Å². The maximum Gasteiger partial charge on any atom is 0.311 e. The quantitative estimate of drug-likeness (QED) is 0.168. The normalized spacial score (nSPS) is 49.2. The average molecular weight is 879 g/mol. The van der Waals surface area contributed by atoms with Crippen LogP contribution in [0, 0.1) is 35.5 Å². The van der Waals surface area contributed by atoms with Gasteiger partial charge in [-0.15, -0.1) is 0 Å². The van der Waals surface area contributed by atoms with Crippen LogP contribution in [0.3, 0.4) is 0 Å². The third kappa shape index (κ3) is 11.7.